The van der Waals surface area contributed by atoms with Crippen LogP contribution in [0.15, 0.2) is 12.1 Å². The number of halogens is 3. The number of hydrogen-bond donors (Lipinski definition) is 3. The van der Waals surface area contributed by atoms with Crippen LogP contribution < -0.4 is 5.32 Å². The second kappa shape index (κ2) is 5.93. The number of carbonyl (C=O) groups is 2. The summed E-state index contributed by atoms with van der Waals surface area (Å²) in [7, 11) is 0. The summed E-state index contributed by atoms with van der Waals surface area (Å²) in [4.78, 5) is 26.0. The Labute approximate surface area is 133 Å². The fourth-order valence-corrected chi connectivity index (χ4v) is 2.22. The van der Waals surface area contributed by atoms with Crippen molar-refractivity contribution in [3.8, 4) is 5.75 Å². The zero-order valence-electron chi connectivity index (χ0n) is 10.2. The van der Waals surface area contributed by atoms with E-state index in [0.717, 1.165) is 0 Å². The number of amides is 1. The molecule has 0 saturated carbocycles. The lowest BCUT2D eigenvalue weighted by molar-refractivity contribution is -0.135. The van der Waals surface area contributed by atoms with E-state index in [1.807, 2.05) is 0 Å². The van der Waals surface area contributed by atoms with Crippen LogP contribution in [-0.2, 0) is 4.79 Å². The molecule has 0 saturated heterocycles. The summed E-state index contributed by atoms with van der Waals surface area (Å²) in [6, 6.07) is 2.75. The molecule has 1 aromatic carbocycles. The van der Waals surface area contributed by atoms with Crippen molar-refractivity contribution in [1.29, 1.82) is 0 Å². The van der Waals surface area contributed by atoms with E-state index in [1.54, 1.807) is 0 Å². The molecule has 0 atom stereocenters. The maximum atomic E-state index is 11.8. The lowest BCUT2D eigenvalue weighted by atomic mass is 10.1. The summed E-state index contributed by atoms with van der Waals surface area (Å²) >= 11 is 17.7. The normalized spacial score (nSPS) is 10.6. The monoisotopic (exact) mass is 348 g/mol. The number of rotatable bonds is 3. The van der Waals surface area contributed by atoms with Gasteiger partial charge in [-0.15, -0.1) is 0 Å². The predicted octanol–water partition coefficient (Wildman–Crippen LogP) is 2.72. The number of hydrogen-bond acceptors (Lipinski definition) is 4. The fourth-order valence-electron chi connectivity index (χ4n) is 1.65. The molecule has 0 aliphatic rings. The Morgan fingerprint density at radius 1 is 1.14 bits per heavy atom. The Hall–Kier alpha value is -1.76. The van der Waals surface area contributed by atoms with Crippen LogP contribution in [0, 0.1) is 0 Å². The molecule has 9 heteroatoms. The van der Waals surface area contributed by atoms with Crippen molar-refractivity contribution in [2.24, 2.45) is 0 Å². The molecule has 0 bridgehead atoms. The van der Waals surface area contributed by atoms with E-state index >= 15 is 0 Å². The van der Waals surface area contributed by atoms with Crippen molar-refractivity contribution >= 4 is 57.5 Å². The second-order valence-electron chi connectivity index (χ2n) is 3.99. The standard InChI is InChI=1S/C12H7Cl3N2O4/c13-6-1-4-5(2-7(6)14)11(15)17-9(10(4)20)12(21)16-3-8(18)19/h1-2,20H,3H2,(H,16,21)(H,18,19). The number of carbonyl (C=O) groups excluding carboxylic acids is 1. The minimum absolute atomic E-state index is 0.0677. The molecule has 0 aliphatic heterocycles. The molecule has 1 heterocycles. The van der Waals surface area contributed by atoms with E-state index in [2.05, 4.69) is 10.3 Å². The smallest absolute Gasteiger partial charge is 0.322 e. The summed E-state index contributed by atoms with van der Waals surface area (Å²) in [5.41, 5.74) is -0.396. The van der Waals surface area contributed by atoms with Gasteiger partial charge in [-0.3, -0.25) is 9.59 Å². The van der Waals surface area contributed by atoms with Gasteiger partial charge in [0.1, 0.15) is 11.7 Å². The van der Waals surface area contributed by atoms with Gasteiger partial charge in [0.2, 0.25) is 0 Å². The van der Waals surface area contributed by atoms with E-state index in [4.69, 9.17) is 39.9 Å². The number of pyridine rings is 1. The van der Waals surface area contributed by atoms with Gasteiger partial charge < -0.3 is 15.5 Å². The number of carboxylic acid groups (broad SMARTS) is 1. The molecule has 2 aromatic rings. The van der Waals surface area contributed by atoms with Gasteiger partial charge in [-0.2, -0.15) is 0 Å². The largest absolute Gasteiger partial charge is 0.505 e. The van der Waals surface area contributed by atoms with Crippen LogP contribution in [0.4, 0.5) is 0 Å². The number of aromatic hydroxyl groups is 1. The first-order valence-electron chi connectivity index (χ1n) is 5.48. The van der Waals surface area contributed by atoms with Crippen molar-refractivity contribution in [3.05, 3.63) is 33.0 Å². The Bertz CT molecular complexity index is 764. The molecule has 1 amide bonds. The van der Waals surface area contributed by atoms with E-state index in [9.17, 15) is 14.7 Å². The minimum atomic E-state index is -1.23. The van der Waals surface area contributed by atoms with Crippen LogP contribution >= 0.6 is 34.8 Å². The number of aromatic nitrogens is 1. The van der Waals surface area contributed by atoms with Crippen LogP contribution in [0.25, 0.3) is 10.8 Å². The van der Waals surface area contributed by atoms with Crippen molar-refractivity contribution in [2.75, 3.05) is 6.54 Å². The first-order valence-corrected chi connectivity index (χ1v) is 6.62. The minimum Gasteiger partial charge on any atom is -0.505 e. The highest BCUT2D eigenvalue weighted by atomic mass is 35.5. The van der Waals surface area contributed by atoms with Gasteiger partial charge in [0.05, 0.1) is 10.0 Å². The van der Waals surface area contributed by atoms with Crippen LogP contribution in [0.1, 0.15) is 10.5 Å². The van der Waals surface area contributed by atoms with Crippen molar-refractivity contribution < 1.29 is 19.8 Å². The summed E-state index contributed by atoms with van der Waals surface area (Å²) < 4.78 is 0. The number of benzene rings is 1. The maximum absolute atomic E-state index is 11.8. The molecule has 3 N–H and O–H groups in total. The van der Waals surface area contributed by atoms with Crippen LogP contribution in [0.5, 0.6) is 5.75 Å². The number of fused-ring (bicyclic) bond motifs is 1. The highest BCUT2D eigenvalue weighted by Gasteiger charge is 2.20. The molecular formula is C12H7Cl3N2O4. The van der Waals surface area contributed by atoms with Gasteiger partial charge in [0, 0.05) is 10.8 Å². The molecule has 1 aromatic heterocycles. The molecule has 0 radical (unpaired) electrons. The number of nitrogens with zero attached hydrogens (tertiary/aromatic N) is 1. The van der Waals surface area contributed by atoms with Crippen LogP contribution in [-0.4, -0.2) is 33.6 Å². The summed E-state index contributed by atoms with van der Waals surface area (Å²) in [6.45, 7) is -0.614. The topological polar surface area (TPSA) is 99.5 Å². The Balaban J connectivity index is 2.56. The Morgan fingerprint density at radius 2 is 1.71 bits per heavy atom. The third kappa shape index (κ3) is 3.12. The molecule has 2 rings (SSSR count). The van der Waals surface area contributed by atoms with Gasteiger partial charge in [0.25, 0.3) is 5.91 Å². The van der Waals surface area contributed by atoms with Crippen molar-refractivity contribution in [2.45, 2.75) is 0 Å². The Kier molecular flexibility index (Phi) is 4.41. The van der Waals surface area contributed by atoms with Gasteiger partial charge in [-0.05, 0) is 12.1 Å². The van der Waals surface area contributed by atoms with Crippen LogP contribution in [0.2, 0.25) is 15.2 Å². The number of nitrogens with one attached hydrogen (secondary N) is 1. The first-order chi connectivity index (χ1) is 9.81. The third-order valence-electron chi connectivity index (χ3n) is 2.59. The number of aliphatic carboxylic acids is 1. The predicted molar refractivity (Wildman–Crippen MR) is 78.4 cm³/mol. The van der Waals surface area contributed by atoms with Crippen molar-refractivity contribution in [3.63, 3.8) is 0 Å². The molecule has 21 heavy (non-hydrogen) atoms. The molecule has 6 nitrogen and oxygen atoms in total. The van der Waals surface area contributed by atoms with Gasteiger partial charge in [-0.25, -0.2) is 4.98 Å². The van der Waals surface area contributed by atoms with E-state index in [1.165, 1.54) is 12.1 Å². The lowest BCUT2D eigenvalue weighted by Gasteiger charge is -2.09. The molecule has 0 fully saturated rings. The summed E-state index contributed by atoms with van der Waals surface area (Å²) in [5, 5.41) is 21.5. The first kappa shape index (κ1) is 15.6. The van der Waals surface area contributed by atoms with Crippen LogP contribution in [0.3, 0.4) is 0 Å². The lowest BCUT2D eigenvalue weighted by Crippen LogP contribution is -2.30. The highest BCUT2D eigenvalue weighted by Crippen LogP contribution is 2.37. The van der Waals surface area contributed by atoms with E-state index in [-0.39, 0.29) is 20.6 Å². The van der Waals surface area contributed by atoms with E-state index < -0.39 is 29.9 Å². The zero-order chi connectivity index (χ0) is 15.7. The maximum Gasteiger partial charge on any atom is 0.322 e. The summed E-state index contributed by atoms with van der Waals surface area (Å²) in [6.07, 6.45) is 0. The molecular weight excluding hydrogens is 343 g/mol. The average Bonchev–Trinajstić information content (AvgIpc) is 2.42. The SMILES string of the molecule is O=C(O)CNC(=O)c1nc(Cl)c2cc(Cl)c(Cl)cc2c1O. The molecule has 0 spiro atoms. The number of carboxylic acids is 1. The van der Waals surface area contributed by atoms with E-state index in [0.29, 0.717) is 5.39 Å². The quantitative estimate of drug-likeness (QED) is 0.740. The fraction of sp³-hybridized carbons (Fsp3) is 0.0833. The zero-order valence-corrected chi connectivity index (χ0v) is 12.4. The van der Waals surface area contributed by atoms with Gasteiger partial charge in [-0.1, -0.05) is 34.8 Å². The molecule has 0 aliphatic carbocycles. The summed E-state index contributed by atoms with van der Waals surface area (Å²) in [5.74, 6) is -2.56. The van der Waals surface area contributed by atoms with Crippen molar-refractivity contribution in [1.82, 2.24) is 10.3 Å². The van der Waals surface area contributed by atoms with Gasteiger partial charge >= 0.3 is 5.97 Å². The third-order valence-corrected chi connectivity index (χ3v) is 3.60. The molecule has 0 unspecified atom stereocenters. The average molecular weight is 350 g/mol. The Morgan fingerprint density at radius 3 is 2.29 bits per heavy atom. The molecule has 110 valence electrons. The van der Waals surface area contributed by atoms with Gasteiger partial charge in [0.15, 0.2) is 11.4 Å². The highest BCUT2D eigenvalue weighted by molar-refractivity contribution is 6.43. The second-order valence-corrected chi connectivity index (χ2v) is 5.16.